The predicted molar refractivity (Wildman–Crippen MR) is 121 cm³/mol. The van der Waals surface area contributed by atoms with E-state index in [0.717, 1.165) is 11.3 Å². The summed E-state index contributed by atoms with van der Waals surface area (Å²) in [6.07, 6.45) is 1.79. The molecule has 0 N–H and O–H groups in total. The molecule has 0 spiro atoms. The molecule has 7 nitrogen and oxygen atoms in total. The van der Waals surface area contributed by atoms with E-state index in [4.69, 9.17) is 21.1 Å². The van der Waals surface area contributed by atoms with Crippen molar-refractivity contribution in [3.8, 4) is 16.9 Å². The first-order valence-corrected chi connectivity index (χ1v) is 10.8. The van der Waals surface area contributed by atoms with Crippen LogP contribution in [0.5, 0.6) is 0 Å². The number of benzene rings is 2. The van der Waals surface area contributed by atoms with Gasteiger partial charge in [0.2, 0.25) is 0 Å². The molecule has 0 radical (unpaired) electrons. The van der Waals surface area contributed by atoms with Crippen molar-refractivity contribution in [1.29, 1.82) is 0 Å². The van der Waals surface area contributed by atoms with Crippen molar-refractivity contribution < 1.29 is 19.1 Å². The zero-order valence-corrected chi connectivity index (χ0v) is 18.5. The van der Waals surface area contributed by atoms with Gasteiger partial charge in [-0.2, -0.15) is 5.10 Å². The minimum atomic E-state index is -0.484. The highest BCUT2D eigenvalue weighted by molar-refractivity contribution is 6.30. The molecule has 1 atom stereocenters. The van der Waals surface area contributed by atoms with Crippen molar-refractivity contribution in [2.75, 3.05) is 26.3 Å². The van der Waals surface area contributed by atoms with Crippen LogP contribution in [0.25, 0.3) is 16.9 Å². The van der Waals surface area contributed by atoms with Crippen LogP contribution >= 0.6 is 11.6 Å². The summed E-state index contributed by atoms with van der Waals surface area (Å²) in [7, 11) is 0. The van der Waals surface area contributed by atoms with Gasteiger partial charge in [0.15, 0.2) is 6.61 Å². The van der Waals surface area contributed by atoms with Crippen LogP contribution in [0, 0.1) is 0 Å². The molecule has 4 rings (SSSR count). The number of hydrogen-bond acceptors (Lipinski definition) is 5. The summed E-state index contributed by atoms with van der Waals surface area (Å²) in [5, 5.41) is 5.31. The molecule has 8 heteroatoms. The summed E-state index contributed by atoms with van der Waals surface area (Å²) in [6, 6.07) is 16.9. The first kappa shape index (κ1) is 22.0. The predicted octanol–water partition coefficient (Wildman–Crippen LogP) is 3.53. The molecule has 1 aliphatic rings. The summed E-state index contributed by atoms with van der Waals surface area (Å²) in [6.45, 7) is 3.12. The van der Waals surface area contributed by atoms with Crippen LogP contribution in [0.1, 0.15) is 12.5 Å². The van der Waals surface area contributed by atoms with Crippen LogP contribution in [0.3, 0.4) is 0 Å². The minimum absolute atomic E-state index is 0.00239. The number of para-hydroxylation sites is 1. The van der Waals surface area contributed by atoms with Crippen molar-refractivity contribution in [3.63, 3.8) is 0 Å². The Morgan fingerprint density at radius 1 is 1.16 bits per heavy atom. The number of morpholine rings is 1. The van der Waals surface area contributed by atoms with E-state index in [1.807, 2.05) is 55.6 Å². The number of esters is 1. The summed E-state index contributed by atoms with van der Waals surface area (Å²) in [5.41, 5.74) is 3.08. The zero-order valence-electron chi connectivity index (χ0n) is 17.7. The van der Waals surface area contributed by atoms with Gasteiger partial charge < -0.3 is 14.4 Å². The standard InChI is InChI=1S/C24H24ClN3O4/c1-17-14-27(11-12-31-17)22(29)16-32-23(30)13-19-15-28(21-5-3-2-4-6-21)26-24(19)18-7-9-20(25)10-8-18/h2-10,15,17H,11-14,16H2,1H3. The zero-order chi connectivity index (χ0) is 22.5. The summed E-state index contributed by atoms with van der Waals surface area (Å²) < 4.78 is 12.5. The molecular formula is C24H24ClN3O4. The molecule has 2 aromatic carbocycles. The van der Waals surface area contributed by atoms with Gasteiger partial charge in [0, 0.05) is 35.4 Å². The molecule has 1 aromatic heterocycles. The van der Waals surface area contributed by atoms with Crippen molar-refractivity contribution in [2.24, 2.45) is 0 Å². The molecule has 3 aromatic rings. The molecule has 0 bridgehead atoms. The summed E-state index contributed by atoms with van der Waals surface area (Å²) in [4.78, 5) is 26.6. The van der Waals surface area contributed by atoms with Crippen LogP contribution in [0.2, 0.25) is 5.02 Å². The van der Waals surface area contributed by atoms with Gasteiger partial charge in [-0.25, -0.2) is 4.68 Å². The number of nitrogens with zero attached hydrogens (tertiary/aromatic N) is 3. The van der Waals surface area contributed by atoms with E-state index < -0.39 is 5.97 Å². The number of ether oxygens (including phenoxy) is 2. The Bertz CT molecular complexity index is 1080. The number of carbonyl (C=O) groups is 2. The van der Waals surface area contributed by atoms with Gasteiger partial charge in [-0.3, -0.25) is 9.59 Å². The van der Waals surface area contributed by atoms with Crippen molar-refractivity contribution >= 4 is 23.5 Å². The maximum Gasteiger partial charge on any atom is 0.310 e. The van der Waals surface area contributed by atoms with Crippen LogP contribution in [0.4, 0.5) is 0 Å². The normalized spacial score (nSPS) is 16.1. The molecule has 1 unspecified atom stereocenters. The number of hydrogen-bond donors (Lipinski definition) is 0. The molecule has 1 aliphatic heterocycles. The molecule has 166 valence electrons. The van der Waals surface area contributed by atoms with Gasteiger partial charge >= 0.3 is 5.97 Å². The lowest BCUT2D eigenvalue weighted by molar-refractivity contribution is -0.154. The third-order valence-corrected chi connectivity index (χ3v) is 5.47. The minimum Gasteiger partial charge on any atom is -0.455 e. The Balaban J connectivity index is 1.49. The van der Waals surface area contributed by atoms with Gasteiger partial charge in [-0.05, 0) is 31.2 Å². The van der Waals surface area contributed by atoms with Gasteiger partial charge in [-0.1, -0.05) is 41.9 Å². The molecule has 1 fully saturated rings. The van der Waals surface area contributed by atoms with E-state index in [0.29, 0.717) is 36.0 Å². The quantitative estimate of drug-likeness (QED) is 0.534. The average molecular weight is 454 g/mol. The lowest BCUT2D eigenvalue weighted by Crippen LogP contribution is -2.46. The highest BCUT2D eigenvalue weighted by Crippen LogP contribution is 2.26. The van der Waals surface area contributed by atoms with E-state index in [9.17, 15) is 9.59 Å². The number of rotatable bonds is 6. The Kier molecular flexibility index (Phi) is 6.87. The molecule has 1 saturated heterocycles. The number of carbonyl (C=O) groups excluding carboxylic acids is 2. The SMILES string of the molecule is CC1CN(C(=O)COC(=O)Cc2cn(-c3ccccc3)nc2-c2ccc(Cl)cc2)CCO1. The Morgan fingerprint density at radius 2 is 1.91 bits per heavy atom. The van der Waals surface area contributed by atoms with Gasteiger partial charge in [0.1, 0.15) is 0 Å². The lowest BCUT2D eigenvalue weighted by atomic mass is 10.1. The van der Waals surface area contributed by atoms with E-state index in [1.165, 1.54) is 0 Å². The van der Waals surface area contributed by atoms with Crippen LogP contribution in [0.15, 0.2) is 60.8 Å². The second-order valence-corrected chi connectivity index (χ2v) is 8.09. The van der Waals surface area contributed by atoms with Crippen LogP contribution in [-0.2, 0) is 25.5 Å². The smallest absolute Gasteiger partial charge is 0.310 e. The van der Waals surface area contributed by atoms with E-state index in [-0.39, 0.29) is 25.0 Å². The van der Waals surface area contributed by atoms with E-state index in [1.54, 1.807) is 21.7 Å². The van der Waals surface area contributed by atoms with Crippen molar-refractivity contribution in [2.45, 2.75) is 19.4 Å². The highest BCUT2D eigenvalue weighted by atomic mass is 35.5. The first-order chi connectivity index (χ1) is 15.5. The lowest BCUT2D eigenvalue weighted by Gasteiger charge is -2.30. The molecule has 0 aliphatic carbocycles. The number of aromatic nitrogens is 2. The average Bonchev–Trinajstić information content (AvgIpc) is 3.22. The third kappa shape index (κ3) is 5.36. The summed E-state index contributed by atoms with van der Waals surface area (Å²) >= 11 is 6.02. The molecule has 1 amide bonds. The fourth-order valence-electron chi connectivity index (χ4n) is 3.59. The Morgan fingerprint density at radius 3 is 2.62 bits per heavy atom. The van der Waals surface area contributed by atoms with E-state index >= 15 is 0 Å². The Hall–Kier alpha value is -3.16. The number of amides is 1. The monoisotopic (exact) mass is 453 g/mol. The second kappa shape index (κ2) is 9.97. The molecule has 0 saturated carbocycles. The van der Waals surface area contributed by atoms with Crippen molar-refractivity contribution in [3.05, 3.63) is 71.4 Å². The second-order valence-electron chi connectivity index (χ2n) is 7.65. The fourth-order valence-corrected chi connectivity index (χ4v) is 3.71. The fraction of sp³-hybridized carbons (Fsp3) is 0.292. The number of halogens is 1. The topological polar surface area (TPSA) is 73.7 Å². The third-order valence-electron chi connectivity index (χ3n) is 5.21. The van der Waals surface area contributed by atoms with Gasteiger partial charge in [0.05, 0.1) is 30.5 Å². The van der Waals surface area contributed by atoms with E-state index in [2.05, 4.69) is 5.10 Å². The van der Waals surface area contributed by atoms with Gasteiger partial charge in [0.25, 0.3) is 5.91 Å². The highest BCUT2D eigenvalue weighted by Gasteiger charge is 2.23. The maximum atomic E-state index is 12.6. The van der Waals surface area contributed by atoms with Crippen molar-refractivity contribution in [1.82, 2.24) is 14.7 Å². The molecule has 32 heavy (non-hydrogen) atoms. The van der Waals surface area contributed by atoms with Crippen LogP contribution in [-0.4, -0.2) is 59.0 Å². The first-order valence-electron chi connectivity index (χ1n) is 10.4. The molecular weight excluding hydrogens is 430 g/mol. The molecule has 2 heterocycles. The summed E-state index contributed by atoms with van der Waals surface area (Å²) in [5.74, 6) is -0.700. The Labute approximate surface area is 191 Å². The van der Waals surface area contributed by atoms with Crippen LogP contribution < -0.4 is 0 Å². The largest absolute Gasteiger partial charge is 0.455 e. The maximum absolute atomic E-state index is 12.6. The van der Waals surface area contributed by atoms with Gasteiger partial charge in [-0.15, -0.1) is 0 Å².